The van der Waals surface area contributed by atoms with Gasteiger partial charge in [-0.2, -0.15) is 0 Å². The summed E-state index contributed by atoms with van der Waals surface area (Å²) in [5, 5.41) is 3.04. The maximum atomic E-state index is 13.8. The van der Waals surface area contributed by atoms with E-state index >= 15 is 0 Å². The van der Waals surface area contributed by atoms with E-state index in [1.807, 2.05) is 32.0 Å². The average molecular weight is 220 g/mol. The van der Waals surface area contributed by atoms with Crippen LogP contribution in [0.2, 0.25) is 0 Å². The van der Waals surface area contributed by atoms with Gasteiger partial charge < -0.3 is 10.2 Å². The fourth-order valence-corrected chi connectivity index (χ4v) is 1.65. The van der Waals surface area contributed by atoms with E-state index in [9.17, 15) is 4.39 Å². The summed E-state index contributed by atoms with van der Waals surface area (Å²) in [5.41, 5.74) is 1.49. The lowest BCUT2D eigenvalue weighted by atomic mass is 10.0. The summed E-state index contributed by atoms with van der Waals surface area (Å²) >= 11 is 0. The van der Waals surface area contributed by atoms with Crippen molar-refractivity contribution in [3.63, 3.8) is 0 Å². The summed E-state index contributed by atoms with van der Waals surface area (Å²) in [6.07, 6.45) is 5.26. The number of nitrogens with one attached hydrogen (secondary N) is 1. The first-order valence-corrected chi connectivity index (χ1v) is 5.22. The predicted molar refractivity (Wildman–Crippen MR) is 66.0 cm³/mol. The second-order valence-electron chi connectivity index (χ2n) is 3.74. The van der Waals surface area contributed by atoms with Gasteiger partial charge in [0.15, 0.2) is 0 Å². The van der Waals surface area contributed by atoms with Gasteiger partial charge in [0.2, 0.25) is 0 Å². The van der Waals surface area contributed by atoms with Crippen molar-refractivity contribution in [1.29, 1.82) is 0 Å². The fourth-order valence-electron chi connectivity index (χ4n) is 1.65. The molecule has 0 aliphatic carbocycles. The summed E-state index contributed by atoms with van der Waals surface area (Å²) in [4.78, 5) is 1.87. The molecule has 2 nitrogen and oxygen atoms in total. The van der Waals surface area contributed by atoms with Crippen LogP contribution in [0.1, 0.15) is 18.5 Å². The highest BCUT2D eigenvalue weighted by atomic mass is 19.1. The Morgan fingerprint density at radius 1 is 1.56 bits per heavy atom. The Morgan fingerprint density at radius 3 is 2.81 bits per heavy atom. The van der Waals surface area contributed by atoms with Gasteiger partial charge in [0.25, 0.3) is 0 Å². The monoisotopic (exact) mass is 220 g/mol. The summed E-state index contributed by atoms with van der Waals surface area (Å²) in [5.74, 6) is 2.35. The highest BCUT2D eigenvalue weighted by Gasteiger charge is 2.16. The molecule has 0 aliphatic rings. The van der Waals surface area contributed by atoms with Gasteiger partial charge in [0, 0.05) is 24.3 Å². The summed E-state index contributed by atoms with van der Waals surface area (Å²) < 4.78 is 13.8. The van der Waals surface area contributed by atoms with Crippen LogP contribution in [0.3, 0.4) is 0 Å². The van der Waals surface area contributed by atoms with Gasteiger partial charge in [0.05, 0.1) is 6.54 Å². The standard InChI is InChI=1S/C13H17FN2/c1-5-9-16(4)12-8-6-7-11(14)13(12)10(2)15-3/h1,6-8,10,15H,9H2,2-4H3. The molecule has 1 N–H and O–H groups in total. The highest BCUT2D eigenvalue weighted by molar-refractivity contribution is 5.55. The number of rotatable bonds is 4. The number of terminal acetylenes is 1. The second kappa shape index (κ2) is 5.53. The Morgan fingerprint density at radius 2 is 2.25 bits per heavy atom. The van der Waals surface area contributed by atoms with Crippen molar-refractivity contribution in [1.82, 2.24) is 5.32 Å². The minimum Gasteiger partial charge on any atom is -0.363 e. The number of benzene rings is 1. The Bertz CT molecular complexity index is 395. The van der Waals surface area contributed by atoms with Gasteiger partial charge in [-0.25, -0.2) is 4.39 Å². The SMILES string of the molecule is C#CCN(C)c1cccc(F)c1C(C)NC. The third kappa shape index (κ3) is 2.53. The van der Waals surface area contributed by atoms with Gasteiger partial charge in [0.1, 0.15) is 5.82 Å². The van der Waals surface area contributed by atoms with Gasteiger partial charge in [-0.05, 0) is 26.1 Å². The smallest absolute Gasteiger partial charge is 0.130 e. The van der Waals surface area contributed by atoms with Crippen LogP contribution < -0.4 is 10.2 Å². The Labute approximate surface area is 96.5 Å². The van der Waals surface area contributed by atoms with Crippen LogP contribution in [0.15, 0.2) is 18.2 Å². The summed E-state index contributed by atoms with van der Waals surface area (Å²) in [6.45, 7) is 2.39. The van der Waals surface area contributed by atoms with Crippen LogP contribution in [0.5, 0.6) is 0 Å². The minimum atomic E-state index is -0.205. The van der Waals surface area contributed by atoms with Crippen molar-refractivity contribution >= 4 is 5.69 Å². The van der Waals surface area contributed by atoms with Gasteiger partial charge >= 0.3 is 0 Å². The molecule has 1 unspecified atom stereocenters. The number of hydrogen-bond donors (Lipinski definition) is 1. The van der Waals surface area contributed by atoms with E-state index in [2.05, 4.69) is 11.2 Å². The zero-order valence-electron chi connectivity index (χ0n) is 9.92. The number of halogens is 1. The van der Waals surface area contributed by atoms with Crippen LogP contribution in [0.25, 0.3) is 0 Å². The third-order valence-corrected chi connectivity index (χ3v) is 2.64. The quantitative estimate of drug-likeness (QED) is 0.782. The molecule has 0 amide bonds. The van der Waals surface area contributed by atoms with Crippen LogP contribution >= 0.6 is 0 Å². The Kier molecular flexibility index (Phi) is 4.33. The van der Waals surface area contributed by atoms with Crippen molar-refractivity contribution in [2.45, 2.75) is 13.0 Å². The molecule has 16 heavy (non-hydrogen) atoms. The fraction of sp³-hybridized carbons (Fsp3) is 0.385. The van der Waals surface area contributed by atoms with Crippen molar-refractivity contribution in [3.8, 4) is 12.3 Å². The van der Waals surface area contributed by atoms with E-state index in [4.69, 9.17) is 6.42 Å². The molecule has 1 rings (SSSR count). The molecule has 0 saturated heterocycles. The van der Waals surface area contributed by atoms with Crippen LogP contribution in [-0.2, 0) is 0 Å². The predicted octanol–water partition coefficient (Wildman–Crippen LogP) is 2.18. The molecular formula is C13H17FN2. The van der Waals surface area contributed by atoms with Crippen LogP contribution in [-0.4, -0.2) is 20.6 Å². The zero-order chi connectivity index (χ0) is 12.1. The molecule has 3 heteroatoms. The normalized spacial score (nSPS) is 11.9. The van der Waals surface area contributed by atoms with E-state index in [0.717, 1.165) is 5.69 Å². The molecule has 0 radical (unpaired) electrons. The molecule has 0 fully saturated rings. The molecule has 0 bridgehead atoms. The summed E-state index contributed by atoms with van der Waals surface area (Å²) in [7, 11) is 3.67. The maximum Gasteiger partial charge on any atom is 0.130 e. The van der Waals surface area contributed by atoms with Gasteiger partial charge in [-0.3, -0.25) is 0 Å². The number of anilines is 1. The van der Waals surface area contributed by atoms with Crippen molar-refractivity contribution < 1.29 is 4.39 Å². The molecule has 1 aromatic carbocycles. The molecule has 0 aromatic heterocycles. The first-order valence-electron chi connectivity index (χ1n) is 5.22. The molecule has 1 atom stereocenters. The highest BCUT2D eigenvalue weighted by Crippen LogP contribution is 2.27. The van der Waals surface area contributed by atoms with E-state index in [-0.39, 0.29) is 11.9 Å². The first kappa shape index (κ1) is 12.5. The number of nitrogens with zero attached hydrogens (tertiary/aromatic N) is 1. The molecule has 1 aromatic rings. The largest absolute Gasteiger partial charge is 0.363 e. The second-order valence-corrected chi connectivity index (χ2v) is 3.74. The molecule has 86 valence electrons. The molecule has 0 heterocycles. The Hall–Kier alpha value is -1.53. The van der Waals surface area contributed by atoms with Gasteiger partial charge in [-0.15, -0.1) is 6.42 Å². The zero-order valence-corrected chi connectivity index (χ0v) is 9.92. The molecular weight excluding hydrogens is 203 g/mol. The maximum absolute atomic E-state index is 13.8. The Balaban J connectivity index is 3.18. The van der Waals surface area contributed by atoms with E-state index in [0.29, 0.717) is 12.1 Å². The lowest BCUT2D eigenvalue weighted by Gasteiger charge is -2.23. The van der Waals surface area contributed by atoms with Crippen LogP contribution in [0, 0.1) is 18.2 Å². The van der Waals surface area contributed by atoms with E-state index in [1.54, 1.807) is 6.07 Å². The van der Waals surface area contributed by atoms with E-state index in [1.165, 1.54) is 6.07 Å². The minimum absolute atomic E-state index is 0.0450. The molecule has 0 spiro atoms. The van der Waals surface area contributed by atoms with Crippen molar-refractivity contribution in [2.75, 3.05) is 25.5 Å². The van der Waals surface area contributed by atoms with Crippen LogP contribution in [0.4, 0.5) is 10.1 Å². The number of hydrogen-bond acceptors (Lipinski definition) is 2. The molecule has 0 aliphatic heterocycles. The van der Waals surface area contributed by atoms with Crippen molar-refractivity contribution in [2.24, 2.45) is 0 Å². The van der Waals surface area contributed by atoms with E-state index < -0.39 is 0 Å². The third-order valence-electron chi connectivity index (χ3n) is 2.64. The average Bonchev–Trinajstić information content (AvgIpc) is 2.28. The topological polar surface area (TPSA) is 15.3 Å². The van der Waals surface area contributed by atoms with Crippen molar-refractivity contribution in [3.05, 3.63) is 29.6 Å². The first-order chi connectivity index (χ1) is 7.61. The lowest BCUT2D eigenvalue weighted by Crippen LogP contribution is -2.23. The van der Waals surface area contributed by atoms with Gasteiger partial charge in [-0.1, -0.05) is 12.0 Å². The molecule has 0 saturated carbocycles. The summed E-state index contributed by atoms with van der Waals surface area (Å²) in [6, 6.07) is 5.00. The lowest BCUT2D eigenvalue weighted by molar-refractivity contribution is 0.561.